The molecule has 2 rings (SSSR count). The van der Waals surface area contributed by atoms with E-state index in [1.54, 1.807) is 10.9 Å². The largest absolute Gasteiger partial charge is 0.392 e. The Morgan fingerprint density at radius 3 is 2.71 bits per heavy atom. The lowest BCUT2D eigenvalue weighted by atomic mass is 9.98. The number of carbonyl (C=O) groups excluding carboxylic acids is 1. The SMILES string of the molecule is Cn1cc(CCNC(=O)C(C(N)=S)c2ccccc2)cn1. The van der Waals surface area contributed by atoms with Crippen molar-refractivity contribution in [1.29, 1.82) is 0 Å². The highest BCUT2D eigenvalue weighted by Crippen LogP contribution is 2.16. The lowest BCUT2D eigenvalue weighted by molar-refractivity contribution is -0.121. The topological polar surface area (TPSA) is 72.9 Å². The van der Waals surface area contributed by atoms with Gasteiger partial charge < -0.3 is 11.1 Å². The molecule has 6 heteroatoms. The molecule has 1 atom stereocenters. The molecule has 0 saturated carbocycles. The van der Waals surface area contributed by atoms with Crippen LogP contribution in [-0.4, -0.2) is 27.2 Å². The summed E-state index contributed by atoms with van der Waals surface area (Å²) in [7, 11) is 1.86. The Labute approximate surface area is 129 Å². The van der Waals surface area contributed by atoms with Crippen LogP contribution >= 0.6 is 12.2 Å². The van der Waals surface area contributed by atoms with E-state index in [1.165, 1.54) is 0 Å². The van der Waals surface area contributed by atoms with E-state index in [0.717, 1.165) is 17.5 Å². The predicted octanol–water partition coefficient (Wildman–Crippen LogP) is 1.15. The van der Waals surface area contributed by atoms with Crippen molar-refractivity contribution in [2.45, 2.75) is 12.3 Å². The van der Waals surface area contributed by atoms with Gasteiger partial charge in [0.05, 0.1) is 11.2 Å². The third kappa shape index (κ3) is 4.13. The molecule has 0 aliphatic rings. The molecular formula is C15H18N4OS. The normalized spacial score (nSPS) is 11.9. The molecule has 0 spiro atoms. The maximum absolute atomic E-state index is 12.3. The number of benzene rings is 1. The monoisotopic (exact) mass is 302 g/mol. The fourth-order valence-corrected chi connectivity index (χ4v) is 2.37. The minimum absolute atomic E-state index is 0.169. The molecule has 2 aromatic rings. The minimum atomic E-state index is -0.588. The molecular weight excluding hydrogens is 284 g/mol. The molecule has 110 valence electrons. The van der Waals surface area contributed by atoms with Crippen LogP contribution in [0.15, 0.2) is 42.7 Å². The molecule has 0 radical (unpaired) electrons. The van der Waals surface area contributed by atoms with Gasteiger partial charge in [0.15, 0.2) is 0 Å². The Bertz CT molecular complexity index is 624. The van der Waals surface area contributed by atoms with Gasteiger partial charge in [0.2, 0.25) is 5.91 Å². The minimum Gasteiger partial charge on any atom is -0.392 e. The molecule has 21 heavy (non-hydrogen) atoms. The highest BCUT2D eigenvalue weighted by molar-refractivity contribution is 7.80. The van der Waals surface area contributed by atoms with Crippen molar-refractivity contribution in [2.24, 2.45) is 12.8 Å². The van der Waals surface area contributed by atoms with E-state index >= 15 is 0 Å². The van der Waals surface area contributed by atoms with Crippen LogP contribution in [0.3, 0.4) is 0 Å². The molecule has 5 nitrogen and oxygen atoms in total. The second-order valence-corrected chi connectivity index (χ2v) is 5.28. The summed E-state index contributed by atoms with van der Waals surface area (Å²) in [4.78, 5) is 12.5. The Morgan fingerprint density at radius 1 is 1.43 bits per heavy atom. The standard InChI is InChI=1S/C15H18N4OS/c1-19-10-11(9-18-19)7-8-17-15(20)13(14(16)21)12-5-3-2-4-6-12/h2-6,9-10,13H,7-8H2,1H3,(H2,16,21)(H,17,20). The lowest BCUT2D eigenvalue weighted by Crippen LogP contribution is -2.37. The van der Waals surface area contributed by atoms with Gasteiger partial charge in [-0.05, 0) is 17.5 Å². The van der Waals surface area contributed by atoms with Crippen molar-refractivity contribution >= 4 is 23.1 Å². The van der Waals surface area contributed by atoms with Gasteiger partial charge in [0.1, 0.15) is 5.92 Å². The summed E-state index contributed by atoms with van der Waals surface area (Å²) in [5.41, 5.74) is 7.60. The second-order valence-electron chi connectivity index (χ2n) is 4.81. The molecule has 0 saturated heterocycles. The number of hydrogen-bond acceptors (Lipinski definition) is 3. The van der Waals surface area contributed by atoms with Gasteiger partial charge in [0.25, 0.3) is 0 Å². The molecule has 1 aromatic carbocycles. The Kier molecular flexibility index (Phi) is 5.05. The zero-order chi connectivity index (χ0) is 15.2. The van der Waals surface area contributed by atoms with Crippen LogP contribution in [-0.2, 0) is 18.3 Å². The van der Waals surface area contributed by atoms with Gasteiger partial charge in [-0.3, -0.25) is 9.48 Å². The van der Waals surface area contributed by atoms with Gasteiger partial charge in [-0.15, -0.1) is 0 Å². The summed E-state index contributed by atoms with van der Waals surface area (Å²) in [5.74, 6) is -0.757. The van der Waals surface area contributed by atoms with Crippen molar-refractivity contribution in [3.05, 3.63) is 53.9 Å². The van der Waals surface area contributed by atoms with Crippen molar-refractivity contribution in [3.8, 4) is 0 Å². The predicted molar refractivity (Wildman–Crippen MR) is 85.9 cm³/mol. The third-order valence-electron chi connectivity index (χ3n) is 3.15. The quantitative estimate of drug-likeness (QED) is 0.785. The summed E-state index contributed by atoms with van der Waals surface area (Å²) in [6.45, 7) is 0.524. The fourth-order valence-electron chi connectivity index (χ4n) is 2.12. The summed E-state index contributed by atoms with van der Waals surface area (Å²) >= 11 is 5.03. The molecule has 0 bridgehead atoms. The molecule has 0 aliphatic heterocycles. The van der Waals surface area contributed by atoms with Crippen molar-refractivity contribution < 1.29 is 4.79 Å². The zero-order valence-electron chi connectivity index (χ0n) is 11.8. The van der Waals surface area contributed by atoms with Crippen molar-refractivity contribution in [3.63, 3.8) is 0 Å². The number of amides is 1. The number of nitrogens with zero attached hydrogens (tertiary/aromatic N) is 2. The first kappa shape index (κ1) is 15.2. The summed E-state index contributed by atoms with van der Waals surface area (Å²) in [5, 5.41) is 6.97. The van der Waals surface area contributed by atoms with Crippen LogP contribution in [0.25, 0.3) is 0 Å². The highest BCUT2D eigenvalue weighted by atomic mass is 32.1. The number of carbonyl (C=O) groups is 1. The lowest BCUT2D eigenvalue weighted by Gasteiger charge is -2.15. The molecule has 1 amide bonds. The van der Waals surface area contributed by atoms with E-state index in [1.807, 2.05) is 43.6 Å². The van der Waals surface area contributed by atoms with Crippen LogP contribution in [0.5, 0.6) is 0 Å². The number of aryl methyl sites for hydroxylation is 1. The van der Waals surface area contributed by atoms with Crippen LogP contribution in [0.2, 0.25) is 0 Å². The van der Waals surface area contributed by atoms with E-state index in [4.69, 9.17) is 18.0 Å². The molecule has 1 unspecified atom stereocenters. The molecule has 0 aliphatic carbocycles. The maximum atomic E-state index is 12.3. The smallest absolute Gasteiger partial charge is 0.234 e. The van der Waals surface area contributed by atoms with Crippen LogP contribution in [0.4, 0.5) is 0 Å². The zero-order valence-corrected chi connectivity index (χ0v) is 12.6. The molecule has 0 fully saturated rings. The molecule has 1 aromatic heterocycles. The Morgan fingerprint density at radius 2 is 2.14 bits per heavy atom. The third-order valence-corrected chi connectivity index (χ3v) is 3.39. The van der Waals surface area contributed by atoms with E-state index < -0.39 is 5.92 Å². The maximum Gasteiger partial charge on any atom is 0.234 e. The molecule has 1 heterocycles. The van der Waals surface area contributed by atoms with Crippen LogP contribution < -0.4 is 11.1 Å². The number of rotatable bonds is 6. The van der Waals surface area contributed by atoms with E-state index in [9.17, 15) is 4.79 Å². The summed E-state index contributed by atoms with van der Waals surface area (Å²) < 4.78 is 1.74. The van der Waals surface area contributed by atoms with Crippen LogP contribution in [0, 0.1) is 0 Å². The van der Waals surface area contributed by atoms with E-state index in [0.29, 0.717) is 6.54 Å². The first-order valence-electron chi connectivity index (χ1n) is 6.67. The second kappa shape index (κ2) is 6.99. The Balaban J connectivity index is 1.95. The summed E-state index contributed by atoms with van der Waals surface area (Å²) in [6, 6.07) is 9.32. The van der Waals surface area contributed by atoms with Gasteiger partial charge >= 0.3 is 0 Å². The van der Waals surface area contributed by atoms with Gasteiger partial charge in [0, 0.05) is 19.8 Å². The average molecular weight is 302 g/mol. The number of nitrogens with two attached hydrogens (primary N) is 1. The number of hydrogen-bond donors (Lipinski definition) is 2. The van der Waals surface area contributed by atoms with E-state index in [2.05, 4.69) is 10.4 Å². The Hall–Kier alpha value is -2.21. The number of thiocarbonyl (C=S) groups is 1. The van der Waals surface area contributed by atoms with Gasteiger partial charge in [-0.2, -0.15) is 5.10 Å². The van der Waals surface area contributed by atoms with Crippen molar-refractivity contribution in [1.82, 2.24) is 15.1 Å². The molecule has 3 N–H and O–H groups in total. The van der Waals surface area contributed by atoms with Gasteiger partial charge in [-0.1, -0.05) is 42.5 Å². The van der Waals surface area contributed by atoms with E-state index in [-0.39, 0.29) is 10.9 Å². The average Bonchev–Trinajstić information content (AvgIpc) is 2.85. The fraction of sp³-hybridized carbons (Fsp3) is 0.267. The number of nitrogens with one attached hydrogen (secondary N) is 1. The van der Waals surface area contributed by atoms with Gasteiger partial charge in [-0.25, -0.2) is 0 Å². The highest BCUT2D eigenvalue weighted by Gasteiger charge is 2.22. The number of aromatic nitrogens is 2. The summed E-state index contributed by atoms with van der Waals surface area (Å²) in [6.07, 6.45) is 4.43. The van der Waals surface area contributed by atoms with Crippen molar-refractivity contribution in [2.75, 3.05) is 6.54 Å². The first-order valence-corrected chi connectivity index (χ1v) is 7.08. The van der Waals surface area contributed by atoms with Crippen LogP contribution in [0.1, 0.15) is 17.0 Å². The first-order chi connectivity index (χ1) is 10.1.